The van der Waals surface area contributed by atoms with E-state index < -0.39 is 17.6 Å². The van der Waals surface area contributed by atoms with E-state index in [4.69, 9.17) is 4.42 Å². The van der Waals surface area contributed by atoms with Gasteiger partial charge in [0, 0.05) is 13.2 Å². The van der Waals surface area contributed by atoms with E-state index in [0.29, 0.717) is 16.8 Å². The smallest absolute Gasteiger partial charge is 0.416 e. The highest BCUT2D eigenvalue weighted by molar-refractivity contribution is 6.03. The average Bonchev–Trinajstić information content (AvgIpc) is 3.35. The number of amides is 1. The SMILES string of the molecule is Cn1cc(C(=O)Nc2nc3cc(C(F)(F)F)ccc3n2Cc2ccco2)cn1. The molecule has 144 valence electrons. The van der Waals surface area contributed by atoms with Crippen LogP contribution in [0.1, 0.15) is 21.7 Å². The molecule has 1 N–H and O–H groups in total. The summed E-state index contributed by atoms with van der Waals surface area (Å²) in [5.41, 5.74) is 0.0385. The Balaban J connectivity index is 1.77. The van der Waals surface area contributed by atoms with E-state index in [1.165, 1.54) is 29.4 Å². The molecule has 0 aliphatic rings. The molecule has 3 heterocycles. The average molecular weight is 389 g/mol. The molecule has 0 aliphatic heterocycles. The third-order valence-corrected chi connectivity index (χ3v) is 4.16. The Labute approximate surface area is 156 Å². The Morgan fingerprint density at radius 2 is 2.11 bits per heavy atom. The van der Waals surface area contributed by atoms with Crippen LogP contribution in [0.25, 0.3) is 11.0 Å². The lowest BCUT2D eigenvalue weighted by molar-refractivity contribution is -0.137. The van der Waals surface area contributed by atoms with Crippen molar-refractivity contribution in [3.05, 3.63) is 65.9 Å². The fraction of sp³-hybridized carbons (Fsp3) is 0.167. The third kappa shape index (κ3) is 3.36. The van der Waals surface area contributed by atoms with E-state index in [9.17, 15) is 18.0 Å². The molecule has 1 amide bonds. The van der Waals surface area contributed by atoms with Gasteiger partial charge in [0.1, 0.15) is 5.76 Å². The number of nitrogens with zero attached hydrogens (tertiary/aromatic N) is 4. The molecule has 28 heavy (non-hydrogen) atoms. The van der Waals surface area contributed by atoms with E-state index in [0.717, 1.165) is 12.1 Å². The number of furan rings is 1. The Morgan fingerprint density at radius 1 is 1.29 bits per heavy atom. The number of carbonyl (C=O) groups excluding carboxylic acids is 1. The van der Waals surface area contributed by atoms with Gasteiger partial charge in [0.2, 0.25) is 5.95 Å². The van der Waals surface area contributed by atoms with E-state index in [1.807, 2.05) is 0 Å². The molecule has 7 nitrogen and oxygen atoms in total. The van der Waals surface area contributed by atoms with Crippen molar-refractivity contribution in [3.63, 3.8) is 0 Å². The first kappa shape index (κ1) is 17.8. The number of aromatic nitrogens is 4. The number of anilines is 1. The second kappa shape index (κ2) is 6.55. The molecule has 1 aromatic carbocycles. The van der Waals surface area contributed by atoms with Gasteiger partial charge >= 0.3 is 6.18 Å². The second-order valence-corrected chi connectivity index (χ2v) is 6.16. The summed E-state index contributed by atoms with van der Waals surface area (Å²) in [6.07, 6.45) is -0.0879. The van der Waals surface area contributed by atoms with Crippen molar-refractivity contribution in [3.8, 4) is 0 Å². The van der Waals surface area contributed by atoms with Crippen LogP contribution >= 0.6 is 0 Å². The highest BCUT2D eigenvalue weighted by atomic mass is 19.4. The van der Waals surface area contributed by atoms with Gasteiger partial charge in [-0.2, -0.15) is 18.3 Å². The highest BCUT2D eigenvalue weighted by Gasteiger charge is 2.31. The van der Waals surface area contributed by atoms with E-state index in [-0.39, 0.29) is 18.0 Å². The van der Waals surface area contributed by atoms with Crippen molar-refractivity contribution in [1.82, 2.24) is 19.3 Å². The Hall–Kier alpha value is -3.56. The summed E-state index contributed by atoms with van der Waals surface area (Å²) in [4.78, 5) is 16.7. The molecule has 10 heteroatoms. The van der Waals surface area contributed by atoms with E-state index in [1.54, 1.807) is 23.7 Å². The first-order chi connectivity index (χ1) is 13.3. The molecule has 0 aliphatic carbocycles. The Morgan fingerprint density at radius 3 is 2.75 bits per heavy atom. The summed E-state index contributed by atoms with van der Waals surface area (Å²) >= 11 is 0. The number of carbonyl (C=O) groups is 1. The van der Waals surface area contributed by atoms with Crippen LogP contribution in [0, 0.1) is 0 Å². The molecule has 0 unspecified atom stereocenters. The fourth-order valence-corrected chi connectivity index (χ4v) is 2.83. The molecule has 4 aromatic rings. The molecule has 0 atom stereocenters. The number of rotatable bonds is 4. The van der Waals surface area contributed by atoms with Crippen molar-refractivity contribution < 1.29 is 22.4 Å². The van der Waals surface area contributed by atoms with Gasteiger partial charge in [-0.05, 0) is 30.3 Å². The molecule has 4 rings (SSSR count). The second-order valence-electron chi connectivity index (χ2n) is 6.16. The predicted molar refractivity (Wildman–Crippen MR) is 93.7 cm³/mol. The number of halogens is 3. The van der Waals surface area contributed by atoms with Crippen LogP contribution < -0.4 is 5.32 Å². The molecule has 0 fully saturated rings. The maximum absolute atomic E-state index is 13.0. The first-order valence-corrected chi connectivity index (χ1v) is 8.21. The zero-order valence-electron chi connectivity index (χ0n) is 14.6. The van der Waals surface area contributed by atoms with Gasteiger partial charge in [-0.25, -0.2) is 4.98 Å². The van der Waals surface area contributed by atoms with Gasteiger partial charge in [-0.15, -0.1) is 0 Å². The van der Waals surface area contributed by atoms with Gasteiger partial charge in [0.05, 0.1) is 41.2 Å². The summed E-state index contributed by atoms with van der Waals surface area (Å²) < 4.78 is 47.5. The quantitative estimate of drug-likeness (QED) is 0.578. The molecule has 0 spiro atoms. The summed E-state index contributed by atoms with van der Waals surface area (Å²) in [5.74, 6) is 0.204. The molecule has 0 bridgehead atoms. The number of benzene rings is 1. The molecular formula is C18H14F3N5O2. The third-order valence-electron chi connectivity index (χ3n) is 4.16. The molecular weight excluding hydrogens is 375 g/mol. The zero-order valence-corrected chi connectivity index (χ0v) is 14.6. The van der Waals surface area contributed by atoms with Crippen molar-refractivity contribution in [2.45, 2.75) is 12.7 Å². The topological polar surface area (TPSA) is 77.9 Å². The minimum absolute atomic E-state index is 0.111. The van der Waals surface area contributed by atoms with Gasteiger partial charge in [0.25, 0.3) is 5.91 Å². The number of hydrogen-bond donors (Lipinski definition) is 1. The number of nitrogens with one attached hydrogen (secondary N) is 1. The van der Waals surface area contributed by atoms with E-state index >= 15 is 0 Å². The normalized spacial score (nSPS) is 11.9. The number of aryl methyl sites for hydroxylation is 1. The van der Waals surface area contributed by atoms with Gasteiger partial charge in [0.15, 0.2) is 0 Å². The summed E-state index contributed by atoms with van der Waals surface area (Å²) in [6, 6.07) is 6.68. The van der Waals surface area contributed by atoms with Crippen molar-refractivity contribution in [1.29, 1.82) is 0 Å². The highest BCUT2D eigenvalue weighted by Crippen LogP contribution is 2.32. The van der Waals surface area contributed by atoms with Crippen molar-refractivity contribution >= 4 is 22.9 Å². The molecule has 0 saturated carbocycles. The summed E-state index contributed by atoms with van der Waals surface area (Å²) in [7, 11) is 1.67. The van der Waals surface area contributed by atoms with Crippen LogP contribution in [0.15, 0.2) is 53.4 Å². The monoisotopic (exact) mass is 389 g/mol. The van der Waals surface area contributed by atoms with Gasteiger partial charge in [-0.3, -0.25) is 14.8 Å². The molecule has 3 aromatic heterocycles. The maximum Gasteiger partial charge on any atom is 0.416 e. The van der Waals surface area contributed by atoms with Crippen LogP contribution in [0.4, 0.5) is 19.1 Å². The summed E-state index contributed by atoms with van der Waals surface area (Å²) in [5, 5.41) is 6.57. The standard InChI is InChI=1S/C18H14F3N5O2/c1-25-9-11(8-22-25)16(27)24-17-23-14-7-12(18(19,20)21)4-5-15(14)26(17)10-13-3-2-6-28-13/h2-9H,10H2,1H3,(H,23,24,27). The predicted octanol–water partition coefficient (Wildman–Crippen LogP) is 3.68. The van der Waals surface area contributed by atoms with E-state index in [2.05, 4.69) is 15.4 Å². The van der Waals surface area contributed by atoms with Crippen LogP contribution in [-0.2, 0) is 19.8 Å². The van der Waals surface area contributed by atoms with Gasteiger partial charge < -0.3 is 8.98 Å². The molecule has 0 radical (unpaired) electrons. The lowest BCUT2D eigenvalue weighted by Crippen LogP contribution is -2.16. The van der Waals surface area contributed by atoms with Crippen LogP contribution in [0.2, 0.25) is 0 Å². The van der Waals surface area contributed by atoms with Crippen LogP contribution in [-0.4, -0.2) is 25.2 Å². The maximum atomic E-state index is 13.0. The largest absolute Gasteiger partial charge is 0.467 e. The lowest BCUT2D eigenvalue weighted by Gasteiger charge is -2.09. The minimum Gasteiger partial charge on any atom is -0.467 e. The number of imidazole rings is 1. The lowest BCUT2D eigenvalue weighted by atomic mass is 10.2. The Kier molecular flexibility index (Phi) is 4.17. The summed E-state index contributed by atoms with van der Waals surface area (Å²) in [6.45, 7) is 0.192. The van der Waals surface area contributed by atoms with Crippen LogP contribution in [0.5, 0.6) is 0 Å². The zero-order chi connectivity index (χ0) is 19.9. The van der Waals surface area contributed by atoms with Crippen LogP contribution in [0.3, 0.4) is 0 Å². The number of fused-ring (bicyclic) bond motifs is 1. The molecule has 0 saturated heterocycles. The van der Waals surface area contributed by atoms with Crippen molar-refractivity contribution in [2.24, 2.45) is 7.05 Å². The fourth-order valence-electron chi connectivity index (χ4n) is 2.83. The number of hydrogen-bond acceptors (Lipinski definition) is 4. The minimum atomic E-state index is -4.49. The van der Waals surface area contributed by atoms with Gasteiger partial charge in [-0.1, -0.05) is 0 Å². The first-order valence-electron chi connectivity index (χ1n) is 8.21. The number of alkyl halides is 3. The van der Waals surface area contributed by atoms with Crippen molar-refractivity contribution in [2.75, 3.05) is 5.32 Å². The Bertz CT molecular complexity index is 1140.